The maximum Gasteiger partial charge on any atom is 0.216 e. The maximum absolute atomic E-state index is 13.0. The van der Waals surface area contributed by atoms with E-state index in [-0.39, 0.29) is 11.9 Å². The van der Waals surface area contributed by atoms with Gasteiger partial charge in [-0.2, -0.15) is 0 Å². The van der Waals surface area contributed by atoms with Gasteiger partial charge in [0.15, 0.2) is 0 Å². The minimum atomic E-state index is -0.369. The molecular weight excluding hydrogens is 269 g/mol. The van der Waals surface area contributed by atoms with Crippen LogP contribution in [0.1, 0.15) is 17.3 Å². The van der Waals surface area contributed by atoms with Crippen LogP contribution in [0.15, 0.2) is 30.6 Å². The Morgan fingerprint density at radius 1 is 1.37 bits per heavy atom. The van der Waals surface area contributed by atoms with Gasteiger partial charge in [-0.3, -0.25) is 0 Å². The van der Waals surface area contributed by atoms with Gasteiger partial charge < -0.3 is 10.5 Å². The van der Waals surface area contributed by atoms with Crippen molar-refractivity contribution in [3.05, 3.63) is 52.7 Å². The highest BCUT2D eigenvalue weighted by Crippen LogP contribution is 2.23. The number of methoxy groups -OCH3 is 1. The molecule has 100 valence electrons. The number of ether oxygens (including phenoxy) is 1. The lowest BCUT2D eigenvalue weighted by Crippen LogP contribution is -2.15. The number of aromatic nitrogens is 2. The number of nitrogens with zero attached hydrogens (tertiary/aromatic N) is 2. The van der Waals surface area contributed by atoms with Crippen LogP contribution in [0.25, 0.3) is 0 Å². The molecule has 0 radical (unpaired) electrons. The monoisotopic (exact) mass is 281 g/mol. The summed E-state index contributed by atoms with van der Waals surface area (Å²) in [6.45, 7) is 0. The molecule has 1 unspecified atom stereocenters. The van der Waals surface area contributed by atoms with Gasteiger partial charge in [0.1, 0.15) is 12.1 Å². The van der Waals surface area contributed by atoms with E-state index in [0.717, 1.165) is 5.56 Å². The Labute approximate surface area is 115 Å². The van der Waals surface area contributed by atoms with Gasteiger partial charge in [-0.05, 0) is 24.1 Å². The standard InChI is InChI=1S/C13H13ClFN3O/c1-19-13-6-12(17-7-18-13)11(16)4-8-2-3-9(15)5-10(8)14/h2-3,5-7,11H,4,16H2,1H3. The van der Waals surface area contributed by atoms with Gasteiger partial charge in [0.05, 0.1) is 18.8 Å². The third kappa shape index (κ3) is 3.39. The molecule has 1 atom stereocenters. The Morgan fingerprint density at radius 2 is 2.16 bits per heavy atom. The van der Waals surface area contributed by atoms with Crippen molar-refractivity contribution in [3.63, 3.8) is 0 Å². The number of halogens is 2. The molecule has 19 heavy (non-hydrogen) atoms. The van der Waals surface area contributed by atoms with Crippen molar-refractivity contribution >= 4 is 11.6 Å². The largest absolute Gasteiger partial charge is 0.481 e. The molecule has 0 aliphatic heterocycles. The summed E-state index contributed by atoms with van der Waals surface area (Å²) in [5.41, 5.74) is 7.48. The summed E-state index contributed by atoms with van der Waals surface area (Å²) in [7, 11) is 1.52. The summed E-state index contributed by atoms with van der Waals surface area (Å²) in [6, 6.07) is 5.55. The smallest absolute Gasteiger partial charge is 0.216 e. The SMILES string of the molecule is COc1cc(C(N)Cc2ccc(F)cc2Cl)ncn1. The second-order valence-electron chi connectivity index (χ2n) is 4.03. The fraction of sp³-hybridized carbons (Fsp3) is 0.231. The van der Waals surface area contributed by atoms with Crippen LogP contribution in [0.3, 0.4) is 0 Å². The second-order valence-corrected chi connectivity index (χ2v) is 4.44. The average Bonchev–Trinajstić information content (AvgIpc) is 2.42. The summed E-state index contributed by atoms with van der Waals surface area (Å²) in [5.74, 6) is 0.0803. The Bertz CT molecular complexity index is 580. The van der Waals surface area contributed by atoms with Crippen molar-refractivity contribution in [3.8, 4) is 5.88 Å². The lowest BCUT2D eigenvalue weighted by molar-refractivity contribution is 0.395. The predicted molar refractivity (Wildman–Crippen MR) is 70.6 cm³/mol. The van der Waals surface area contributed by atoms with Crippen LogP contribution in [-0.2, 0) is 6.42 Å². The summed E-state index contributed by atoms with van der Waals surface area (Å²) < 4.78 is 18.0. The fourth-order valence-electron chi connectivity index (χ4n) is 1.70. The molecule has 1 aromatic heterocycles. The van der Waals surface area contributed by atoms with E-state index in [2.05, 4.69) is 9.97 Å². The molecule has 1 aromatic carbocycles. The number of nitrogens with two attached hydrogens (primary N) is 1. The molecule has 0 saturated carbocycles. The topological polar surface area (TPSA) is 61.0 Å². The molecule has 0 saturated heterocycles. The first-order valence-corrected chi connectivity index (χ1v) is 6.03. The minimum absolute atomic E-state index is 0.358. The molecular formula is C13H13ClFN3O. The van der Waals surface area contributed by atoms with Crippen molar-refractivity contribution in [2.24, 2.45) is 5.73 Å². The van der Waals surface area contributed by atoms with E-state index in [0.29, 0.717) is 23.0 Å². The molecule has 1 heterocycles. The fourth-order valence-corrected chi connectivity index (χ4v) is 1.94. The van der Waals surface area contributed by atoms with Gasteiger partial charge in [-0.15, -0.1) is 0 Å². The average molecular weight is 282 g/mol. The van der Waals surface area contributed by atoms with Gasteiger partial charge >= 0.3 is 0 Å². The van der Waals surface area contributed by atoms with Crippen LogP contribution in [0.4, 0.5) is 4.39 Å². The highest BCUT2D eigenvalue weighted by molar-refractivity contribution is 6.31. The van der Waals surface area contributed by atoms with E-state index in [9.17, 15) is 4.39 Å². The Kier molecular flexibility index (Phi) is 4.29. The van der Waals surface area contributed by atoms with E-state index in [1.54, 1.807) is 12.1 Å². The molecule has 0 aliphatic carbocycles. The van der Waals surface area contributed by atoms with Crippen molar-refractivity contribution < 1.29 is 9.13 Å². The van der Waals surface area contributed by atoms with Crippen LogP contribution in [-0.4, -0.2) is 17.1 Å². The summed E-state index contributed by atoms with van der Waals surface area (Å²) in [6.07, 6.45) is 1.85. The third-order valence-corrected chi connectivity index (χ3v) is 3.06. The summed E-state index contributed by atoms with van der Waals surface area (Å²) in [5, 5.41) is 0.358. The molecule has 0 aliphatic rings. The van der Waals surface area contributed by atoms with Gasteiger partial charge in [-0.1, -0.05) is 17.7 Å². The normalized spacial score (nSPS) is 12.2. The first-order valence-electron chi connectivity index (χ1n) is 5.65. The molecule has 2 N–H and O–H groups in total. The van der Waals surface area contributed by atoms with Gasteiger partial charge in [-0.25, -0.2) is 14.4 Å². The number of benzene rings is 1. The zero-order valence-corrected chi connectivity index (χ0v) is 11.1. The van der Waals surface area contributed by atoms with E-state index < -0.39 is 0 Å². The number of rotatable bonds is 4. The molecule has 0 fully saturated rings. The molecule has 0 amide bonds. The molecule has 2 rings (SSSR count). The lowest BCUT2D eigenvalue weighted by Gasteiger charge is -2.12. The second kappa shape index (κ2) is 5.95. The van der Waals surface area contributed by atoms with Crippen molar-refractivity contribution in [2.75, 3.05) is 7.11 Å². The third-order valence-electron chi connectivity index (χ3n) is 2.71. The van der Waals surface area contributed by atoms with E-state index in [4.69, 9.17) is 22.1 Å². The number of hydrogen-bond donors (Lipinski definition) is 1. The van der Waals surface area contributed by atoms with Crippen molar-refractivity contribution in [1.29, 1.82) is 0 Å². The Hall–Kier alpha value is -1.72. The predicted octanol–water partition coefficient (Wildman–Crippen LogP) is 2.52. The van der Waals surface area contributed by atoms with Crippen LogP contribution in [0.2, 0.25) is 5.02 Å². The molecule has 4 nitrogen and oxygen atoms in total. The van der Waals surface area contributed by atoms with E-state index >= 15 is 0 Å². The highest BCUT2D eigenvalue weighted by atomic mass is 35.5. The summed E-state index contributed by atoms with van der Waals surface area (Å²) >= 11 is 5.97. The van der Waals surface area contributed by atoms with Crippen LogP contribution in [0.5, 0.6) is 5.88 Å². The van der Waals surface area contributed by atoms with Crippen LogP contribution in [0, 0.1) is 5.82 Å². The Morgan fingerprint density at radius 3 is 2.84 bits per heavy atom. The first kappa shape index (κ1) is 13.7. The maximum atomic E-state index is 13.0. The molecule has 0 spiro atoms. The van der Waals surface area contributed by atoms with Gasteiger partial charge in [0.2, 0.25) is 5.88 Å². The van der Waals surface area contributed by atoms with Crippen molar-refractivity contribution in [2.45, 2.75) is 12.5 Å². The van der Waals surface area contributed by atoms with Gasteiger partial charge in [0, 0.05) is 11.1 Å². The van der Waals surface area contributed by atoms with E-state index in [1.165, 1.54) is 25.6 Å². The van der Waals surface area contributed by atoms with Crippen molar-refractivity contribution in [1.82, 2.24) is 9.97 Å². The molecule has 6 heteroatoms. The molecule has 2 aromatic rings. The van der Waals surface area contributed by atoms with Crippen LogP contribution >= 0.6 is 11.6 Å². The number of hydrogen-bond acceptors (Lipinski definition) is 4. The highest BCUT2D eigenvalue weighted by Gasteiger charge is 2.12. The zero-order valence-electron chi connectivity index (χ0n) is 10.3. The summed E-state index contributed by atoms with van der Waals surface area (Å²) in [4.78, 5) is 8.01. The van der Waals surface area contributed by atoms with Gasteiger partial charge in [0.25, 0.3) is 0 Å². The zero-order chi connectivity index (χ0) is 13.8. The van der Waals surface area contributed by atoms with Crippen LogP contribution < -0.4 is 10.5 Å². The quantitative estimate of drug-likeness (QED) is 0.935. The minimum Gasteiger partial charge on any atom is -0.481 e. The lowest BCUT2D eigenvalue weighted by atomic mass is 10.0. The molecule has 0 bridgehead atoms. The van der Waals surface area contributed by atoms with E-state index in [1.807, 2.05) is 0 Å². The first-order chi connectivity index (χ1) is 9.10. The Balaban J connectivity index is 2.17.